The molecule has 0 spiro atoms. The van der Waals surface area contributed by atoms with Crippen LogP contribution in [-0.4, -0.2) is 38.8 Å². The van der Waals surface area contributed by atoms with Crippen LogP contribution in [0, 0.1) is 5.82 Å². The zero-order valence-electron chi connectivity index (χ0n) is 14.9. The minimum absolute atomic E-state index is 0.262. The number of hydrogen-bond acceptors (Lipinski definition) is 6. The molecule has 136 valence electrons. The molecular formula is C19H17FN6S. The van der Waals surface area contributed by atoms with Crippen LogP contribution < -0.4 is 4.90 Å². The Morgan fingerprint density at radius 2 is 2.00 bits per heavy atom. The molecule has 0 unspecified atom stereocenters. The van der Waals surface area contributed by atoms with Crippen LogP contribution in [0.1, 0.15) is 5.01 Å². The van der Waals surface area contributed by atoms with Crippen molar-refractivity contribution in [3.05, 3.63) is 65.1 Å². The van der Waals surface area contributed by atoms with Crippen LogP contribution in [0.15, 0.2) is 54.3 Å². The molecule has 27 heavy (non-hydrogen) atoms. The van der Waals surface area contributed by atoms with Gasteiger partial charge in [0.1, 0.15) is 5.01 Å². The van der Waals surface area contributed by atoms with Crippen LogP contribution in [0.2, 0.25) is 0 Å². The van der Waals surface area contributed by atoms with Gasteiger partial charge in [0, 0.05) is 43.0 Å². The molecule has 0 bridgehead atoms. The molecule has 0 amide bonds. The van der Waals surface area contributed by atoms with Crippen LogP contribution in [0.5, 0.6) is 0 Å². The summed E-state index contributed by atoms with van der Waals surface area (Å²) in [5.41, 5.74) is 2.61. The second-order valence-corrected chi connectivity index (χ2v) is 7.14. The van der Waals surface area contributed by atoms with Gasteiger partial charge in [-0.05, 0) is 12.1 Å². The fourth-order valence-electron chi connectivity index (χ4n) is 2.70. The molecule has 3 aromatic heterocycles. The van der Waals surface area contributed by atoms with E-state index in [9.17, 15) is 4.39 Å². The average molecular weight is 380 g/mol. The monoisotopic (exact) mass is 380 g/mol. The number of hydrogen-bond donors (Lipinski definition) is 0. The number of halogens is 1. The van der Waals surface area contributed by atoms with Gasteiger partial charge < -0.3 is 4.90 Å². The van der Waals surface area contributed by atoms with Crippen molar-refractivity contribution in [3.8, 4) is 22.6 Å². The topological polar surface area (TPSA) is 59.7 Å². The third-order valence-corrected chi connectivity index (χ3v) is 4.75. The van der Waals surface area contributed by atoms with Crippen molar-refractivity contribution < 1.29 is 4.39 Å². The van der Waals surface area contributed by atoms with Gasteiger partial charge in [-0.25, -0.2) is 19.3 Å². The van der Waals surface area contributed by atoms with Gasteiger partial charge in [-0.2, -0.15) is 5.10 Å². The van der Waals surface area contributed by atoms with Crippen molar-refractivity contribution in [1.29, 1.82) is 0 Å². The molecular weight excluding hydrogens is 363 g/mol. The largest absolute Gasteiger partial charge is 0.360 e. The van der Waals surface area contributed by atoms with E-state index in [0.717, 1.165) is 21.8 Å². The molecule has 1 aromatic carbocycles. The van der Waals surface area contributed by atoms with Crippen LogP contribution in [-0.2, 0) is 6.54 Å². The van der Waals surface area contributed by atoms with Crippen molar-refractivity contribution in [2.45, 2.75) is 6.54 Å². The maximum atomic E-state index is 13.9. The Bertz CT molecular complexity index is 1060. The van der Waals surface area contributed by atoms with Gasteiger partial charge in [0.25, 0.3) is 0 Å². The summed E-state index contributed by atoms with van der Waals surface area (Å²) in [5.74, 6) is 0.295. The van der Waals surface area contributed by atoms with Crippen molar-refractivity contribution >= 4 is 17.2 Å². The lowest BCUT2D eigenvalue weighted by Gasteiger charge is -2.13. The molecule has 4 aromatic rings. The third-order valence-electron chi connectivity index (χ3n) is 3.99. The predicted octanol–water partition coefficient (Wildman–Crippen LogP) is 3.72. The Balaban J connectivity index is 1.63. The van der Waals surface area contributed by atoms with E-state index in [1.165, 1.54) is 6.20 Å². The molecule has 0 saturated carbocycles. The summed E-state index contributed by atoms with van der Waals surface area (Å²) in [6.45, 7) is 0.643. The van der Waals surface area contributed by atoms with Gasteiger partial charge in [0.05, 0.1) is 18.4 Å². The van der Waals surface area contributed by atoms with E-state index < -0.39 is 5.82 Å². The molecule has 0 aliphatic carbocycles. The minimum atomic E-state index is -0.444. The van der Waals surface area contributed by atoms with Crippen molar-refractivity contribution in [2.75, 3.05) is 19.0 Å². The molecule has 0 aliphatic rings. The summed E-state index contributed by atoms with van der Waals surface area (Å²) in [6.07, 6.45) is 4.92. The highest BCUT2D eigenvalue weighted by Gasteiger charge is 2.12. The Labute approximate surface area is 160 Å². The smallest absolute Gasteiger partial charge is 0.183 e. The zero-order valence-corrected chi connectivity index (χ0v) is 15.7. The van der Waals surface area contributed by atoms with Gasteiger partial charge in [0.15, 0.2) is 17.5 Å². The molecule has 0 N–H and O–H groups in total. The number of benzene rings is 1. The number of nitrogens with zero attached hydrogens (tertiary/aromatic N) is 6. The number of rotatable bonds is 5. The molecule has 8 heteroatoms. The molecule has 0 saturated heterocycles. The number of anilines is 1. The van der Waals surface area contributed by atoms with Crippen LogP contribution in [0.3, 0.4) is 0 Å². The SMILES string of the molecule is CN(C)c1nc(-c2cccc(-c3ccn(Cc4nccs4)n3)c2)ncc1F. The van der Waals surface area contributed by atoms with E-state index in [0.29, 0.717) is 12.4 Å². The fourth-order valence-corrected chi connectivity index (χ4v) is 3.31. The summed E-state index contributed by atoms with van der Waals surface area (Å²) in [5, 5.41) is 7.59. The Morgan fingerprint density at radius 3 is 2.78 bits per heavy atom. The van der Waals surface area contributed by atoms with Gasteiger partial charge in [-0.1, -0.05) is 18.2 Å². The van der Waals surface area contributed by atoms with E-state index in [1.54, 1.807) is 36.5 Å². The lowest BCUT2D eigenvalue weighted by molar-refractivity contribution is 0.612. The molecule has 4 rings (SSSR count). The minimum Gasteiger partial charge on any atom is -0.360 e. The maximum Gasteiger partial charge on any atom is 0.183 e. The van der Waals surface area contributed by atoms with Gasteiger partial charge in [-0.3, -0.25) is 4.68 Å². The summed E-state index contributed by atoms with van der Waals surface area (Å²) < 4.78 is 15.7. The number of thiazole rings is 1. The molecule has 0 atom stereocenters. The second-order valence-electron chi connectivity index (χ2n) is 6.16. The Kier molecular flexibility index (Phi) is 4.64. The summed E-state index contributed by atoms with van der Waals surface area (Å²) in [7, 11) is 3.50. The lowest BCUT2D eigenvalue weighted by Crippen LogP contribution is -2.13. The molecule has 6 nitrogen and oxygen atoms in total. The highest BCUT2D eigenvalue weighted by molar-refractivity contribution is 7.09. The first kappa shape index (κ1) is 17.3. The van der Waals surface area contributed by atoms with Crippen LogP contribution in [0.4, 0.5) is 10.2 Å². The van der Waals surface area contributed by atoms with Gasteiger partial charge in [-0.15, -0.1) is 11.3 Å². The lowest BCUT2D eigenvalue weighted by atomic mass is 10.1. The first-order chi connectivity index (χ1) is 13.1. The second kappa shape index (κ2) is 7.24. The standard InChI is InChI=1S/C19H17FN6S/c1-25(2)19-15(20)11-22-18(23-19)14-5-3-4-13(10-14)16-6-8-26(24-16)12-17-21-7-9-27-17/h3-11H,12H2,1-2H3. The quantitative estimate of drug-likeness (QED) is 0.528. The van der Waals surface area contributed by atoms with Gasteiger partial charge >= 0.3 is 0 Å². The first-order valence-electron chi connectivity index (χ1n) is 8.32. The van der Waals surface area contributed by atoms with E-state index in [4.69, 9.17) is 0 Å². The van der Waals surface area contributed by atoms with E-state index in [2.05, 4.69) is 20.1 Å². The Hall–Kier alpha value is -3.13. The summed E-state index contributed by atoms with van der Waals surface area (Å²) >= 11 is 1.60. The van der Waals surface area contributed by atoms with Crippen molar-refractivity contribution in [2.24, 2.45) is 0 Å². The zero-order chi connectivity index (χ0) is 18.8. The summed E-state index contributed by atoms with van der Waals surface area (Å²) in [6, 6.07) is 9.73. The number of aromatic nitrogens is 5. The molecule has 3 heterocycles. The normalized spacial score (nSPS) is 10.9. The third kappa shape index (κ3) is 3.70. The molecule has 0 radical (unpaired) electrons. The van der Waals surface area contributed by atoms with E-state index >= 15 is 0 Å². The summed E-state index contributed by atoms with van der Waals surface area (Å²) in [4.78, 5) is 14.4. The predicted molar refractivity (Wildman–Crippen MR) is 104 cm³/mol. The van der Waals surface area contributed by atoms with Crippen molar-refractivity contribution in [1.82, 2.24) is 24.7 Å². The van der Waals surface area contributed by atoms with Crippen LogP contribution in [0.25, 0.3) is 22.6 Å². The molecule has 0 fully saturated rings. The average Bonchev–Trinajstić information content (AvgIpc) is 3.34. The van der Waals surface area contributed by atoms with E-state index in [1.807, 2.05) is 46.6 Å². The fraction of sp³-hybridized carbons (Fsp3) is 0.158. The molecule has 0 aliphatic heterocycles. The highest BCUT2D eigenvalue weighted by Crippen LogP contribution is 2.25. The highest BCUT2D eigenvalue weighted by atomic mass is 32.1. The first-order valence-corrected chi connectivity index (χ1v) is 9.20. The maximum absolute atomic E-state index is 13.9. The van der Waals surface area contributed by atoms with Crippen LogP contribution >= 0.6 is 11.3 Å². The Morgan fingerprint density at radius 1 is 1.15 bits per heavy atom. The van der Waals surface area contributed by atoms with E-state index in [-0.39, 0.29) is 5.82 Å². The van der Waals surface area contributed by atoms with Crippen molar-refractivity contribution in [3.63, 3.8) is 0 Å². The van der Waals surface area contributed by atoms with Gasteiger partial charge in [0.2, 0.25) is 0 Å².